The number of likely N-dealkylation sites (N-methyl/N-ethyl adjacent to an activating group) is 1. The number of hydrogen-bond acceptors (Lipinski definition) is 5. The lowest BCUT2D eigenvalue weighted by Gasteiger charge is -2.23. The minimum Gasteiger partial charge on any atom is -0.353 e. The molecule has 1 amide bonds. The van der Waals surface area contributed by atoms with E-state index in [1.165, 1.54) is 4.88 Å². The van der Waals surface area contributed by atoms with Crippen LogP contribution in [-0.4, -0.2) is 41.0 Å². The Labute approximate surface area is 168 Å². The molecule has 0 spiro atoms. The quantitative estimate of drug-likeness (QED) is 0.649. The molecule has 1 atom stereocenters. The van der Waals surface area contributed by atoms with E-state index in [1.54, 1.807) is 22.7 Å². The number of hydrogen-bond donors (Lipinski definition) is 1. The number of carbonyl (C=O) groups excluding carboxylic acids is 1. The van der Waals surface area contributed by atoms with Gasteiger partial charge in [0.2, 0.25) is 5.91 Å². The molecule has 3 rings (SSSR count). The molecule has 0 aromatic carbocycles. The third-order valence-electron chi connectivity index (χ3n) is 4.76. The first-order chi connectivity index (χ1) is 12.9. The van der Waals surface area contributed by atoms with Crippen LogP contribution in [0.1, 0.15) is 27.3 Å². The molecule has 0 bridgehead atoms. The fraction of sp³-hybridized carbons (Fsp3) is 0.400. The number of nitrogens with zero attached hydrogens (tertiary/aromatic N) is 3. The van der Waals surface area contributed by atoms with Crippen molar-refractivity contribution in [3.8, 4) is 11.3 Å². The standard InChI is InChI=1S/C20H26N4OS2/c1-13-9-16(17-12-27-15(3)22-17)14(2)24(13)11-20(25)21-10-18(23(4)5)19-7-6-8-26-19/h6-9,12,18H,10-11H2,1-5H3,(H,21,25). The van der Waals surface area contributed by atoms with E-state index in [-0.39, 0.29) is 11.9 Å². The van der Waals surface area contributed by atoms with Crippen LogP contribution in [0.2, 0.25) is 0 Å². The Morgan fingerprint density at radius 1 is 1.30 bits per heavy atom. The predicted molar refractivity (Wildman–Crippen MR) is 114 cm³/mol. The predicted octanol–water partition coefficient (Wildman–Crippen LogP) is 4.02. The van der Waals surface area contributed by atoms with Crippen LogP contribution in [0, 0.1) is 20.8 Å². The Bertz CT molecular complexity index is 909. The maximum atomic E-state index is 12.6. The maximum Gasteiger partial charge on any atom is 0.240 e. The van der Waals surface area contributed by atoms with Crippen molar-refractivity contribution in [3.63, 3.8) is 0 Å². The lowest BCUT2D eigenvalue weighted by molar-refractivity contribution is -0.121. The van der Waals surface area contributed by atoms with Gasteiger partial charge in [-0.2, -0.15) is 0 Å². The van der Waals surface area contributed by atoms with E-state index in [0.29, 0.717) is 13.1 Å². The molecule has 3 aromatic heterocycles. The van der Waals surface area contributed by atoms with E-state index < -0.39 is 0 Å². The molecule has 1 N–H and O–H groups in total. The average molecular weight is 403 g/mol. The van der Waals surface area contributed by atoms with Gasteiger partial charge >= 0.3 is 0 Å². The van der Waals surface area contributed by atoms with Gasteiger partial charge in [-0.15, -0.1) is 22.7 Å². The number of rotatable bonds is 7. The second-order valence-electron chi connectivity index (χ2n) is 6.92. The van der Waals surface area contributed by atoms with Crippen LogP contribution in [0.25, 0.3) is 11.3 Å². The minimum atomic E-state index is 0.0289. The monoisotopic (exact) mass is 402 g/mol. The molecule has 0 radical (unpaired) electrons. The number of aryl methyl sites for hydroxylation is 2. The Kier molecular flexibility index (Phi) is 6.14. The molecule has 7 heteroatoms. The van der Waals surface area contributed by atoms with Gasteiger partial charge < -0.3 is 14.8 Å². The van der Waals surface area contributed by atoms with Crippen molar-refractivity contribution in [2.75, 3.05) is 20.6 Å². The molecule has 0 aliphatic carbocycles. The van der Waals surface area contributed by atoms with Gasteiger partial charge in [0.15, 0.2) is 0 Å². The van der Waals surface area contributed by atoms with E-state index in [4.69, 9.17) is 0 Å². The molecule has 3 heterocycles. The van der Waals surface area contributed by atoms with Crippen molar-refractivity contribution in [1.82, 2.24) is 19.8 Å². The number of carbonyl (C=O) groups is 1. The van der Waals surface area contributed by atoms with Crippen molar-refractivity contribution in [2.24, 2.45) is 0 Å². The highest BCUT2D eigenvalue weighted by Crippen LogP contribution is 2.28. The molecule has 0 aliphatic rings. The highest BCUT2D eigenvalue weighted by Gasteiger charge is 2.18. The highest BCUT2D eigenvalue weighted by molar-refractivity contribution is 7.10. The minimum absolute atomic E-state index is 0.0289. The van der Waals surface area contributed by atoms with Gasteiger partial charge in [0.05, 0.1) is 16.7 Å². The Morgan fingerprint density at radius 2 is 2.07 bits per heavy atom. The lowest BCUT2D eigenvalue weighted by atomic mass is 10.2. The van der Waals surface area contributed by atoms with Crippen molar-refractivity contribution in [1.29, 1.82) is 0 Å². The summed E-state index contributed by atoms with van der Waals surface area (Å²) in [7, 11) is 4.08. The summed E-state index contributed by atoms with van der Waals surface area (Å²) < 4.78 is 2.06. The SMILES string of the molecule is Cc1nc(-c2cc(C)n(CC(=O)NCC(c3cccs3)N(C)C)c2C)cs1. The number of thiazole rings is 1. The van der Waals surface area contributed by atoms with Crippen LogP contribution in [-0.2, 0) is 11.3 Å². The van der Waals surface area contributed by atoms with Crippen LogP contribution in [0.4, 0.5) is 0 Å². The van der Waals surface area contributed by atoms with Crippen molar-refractivity contribution >= 4 is 28.6 Å². The van der Waals surface area contributed by atoms with Gasteiger partial charge in [-0.3, -0.25) is 4.79 Å². The van der Waals surface area contributed by atoms with Crippen LogP contribution in [0.5, 0.6) is 0 Å². The summed E-state index contributed by atoms with van der Waals surface area (Å²) in [5.41, 5.74) is 4.25. The zero-order chi connectivity index (χ0) is 19.6. The van der Waals surface area contributed by atoms with Gasteiger partial charge in [0.25, 0.3) is 0 Å². The van der Waals surface area contributed by atoms with E-state index in [9.17, 15) is 4.79 Å². The summed E-state index contributed by atoms with van der Waals surface area (Å²) in [5, 5.41) is 8.30. The van der Waals surface area contributed by atoms with Gasteiger partial charge in [-0.05, 0) is 52.4 Å². The van der Waals surface area contributed by atoms with E-state index in [0.717, 1.165) is 27.7 Å². The molecule has 0 saturated carbocycles. The molecular weight excluding hydrogens is 376 g/mol. The van der Waals surface area contributed by atoms with Crippen molar-refractivity contribution < 1.29 is 4.79 Å². The molecule has 0 aliphatic heterocycles. The van der Waals surface area contributed by atoms with Gasteiger partial charge in [0.1, 0.15) is 6.54 Å². The number of amides is 1. The first-order valence-electron chi connectivity index (χ1n) is 8.92. The molecule has 0 fully saturated rings. The Hall–Kier alpha value is -1.96. The zero-order valence-corrected chi connectivity index (χ0v) is 18.1. The smallest absolute Gasteiger partial charge is 0.240 e. The number of aromatic nitrogens is 2. The zero-order valence-electron chi connectivity index (χ0n) is 16.4. The lowest BCUT2D eigenvalue weighted by Crippen LogP contribution is -2.36. The first-order valence-corrected chi connectivity index (χ1v) is 10.7. The van der Waals surface area contributed by atoms with Gasteiger partial charge in [-0.1, -0.05) is 6.07 Å². The first kappa shape index (κ1) is 19.8. The second-order valence-corrected chi connectivity index (χ2v) is 8.96. The molecule has 144 valence electrons. The summed E-state index contributed by atoms with van der Waals surface area (Å²) in [6.45, 7) is 7.03. The number of nitrogens with one attached hydrogen (secondary N) is 1. The van der Waals surface area contributed by atoms with Crippen LogP contribution >= 0.6 is 22.7 Å². The molecule has 27 heavy (non-hydrogen) atoms. The van der Waals surface area contributed by atoms with Gasteiger partial charge in [0, 0.05) is 33.8 Å². The van der Waals surface area contributed by atoms with Crippen LogP contribution in [0.15, 0.2) is 29.0 Å². The molecule has 1 unspecified atom stereocenters. The second kappa shape index (κ2) is 8.37. The third-order valence-corrected chi connectivity index (χ3v) is 6.50. The Morgan fingerprint density at radius 3 is 2.67 bits per heavy atom. The van der Waals surface area contributed by atoms with Crippen molar-refractivity contribution in [3.05, 3.63) is 50.2 Å². The van der Waals surface area contributed by atoms with E-state index in [1.807, 2.05) is 34.0 Å². The molecule has 5 nitrogen and oxygen atoms in total. The summed E-state index contributed by atoms with van der Waals surface area (Å²) in [6.07, 6.45) is 0. The molecule has 3 aromatic rings. The fourth-order valence-electron chi connectivity index (χ4n) is 3.22. The van der Waals surface area contributed by atoms with Crippen LogP contribution < -0.4 is 5.32 Å². The highest BCUT2D eigenvalue weighted by atomic mass is 32.1. The normalized spacial score (nSPS) is 12.5. The van der Waals surface area contributed by atoms with E-state index >= 15 is 0 Å². The summed E-state index contributed by atoms with van der Waals surface area (Å²) in [5.74, 6) is 0.0289. The molecular formula is C20H26N4OS2. The fourth-order valence-corrected chi connectivity index (χ4v) is 4.75. The largest absolute Gasteiger partial charge is 0.353 e. The third kappa shape index (κ3) is 4.48. The number of thiophene rings is 1. The van der Waals surface area contributed by atoms with Crippen molar-refractivity contribution in [2.45, 2.75) is 33.4 Å². The van der Waals surface area contributed by atoms with Crippen LogP contribution in [0.3, 0.4) is 0 Å². The maximum absolute atomic E-state index is 12.6. The van der Waals surface area contributed by atoms with E-state index in [2.05, 4.69) is 49.6 Å². The summed E-state index contributed by atoms with van der Waals surface area (Å²) in [6, 6.07) is 6.47. The topological polar surface area (TPSA) is 50.2 Å². The average Bonchev–Trinajstić information content (AvgIpc) is 3.33. The molecule has 0 saturated heterocycles. The summed E-state index contributed by atoms with van der Waals surface area (Å²) >= 11 is 3.36. The Balaban J connectivity index is 1.68. The van der Waals surface area contributed by atoms with Gasteiger partial charge in [-0.25, -0.2) is 4.98 Å². The summed E-state index contributed by atoms with van der Waals surface area (Å²) in [4.78, 5) is 20.6.